The summed E-state index contributed by atoms with van der Waals surface area (Å²) in [7, 11) is 0. The maximum Gasteiger partial charge on any atom is 0.170 e. The van der Waals surface area contributed by atoms with E-state index in [9.17, 15) is 4.79 Å². The first-order valence-corrected chi connectivity index (χ1v) is 8.50. The van der Waals surface area contributed by atoms with Crippen molar-refractivity contribution < 1.29 is 9.53 Å². The minimum Gasteiger partial charge on any atom is -0.486 e. The Hall–Kier alpha value is -1.02. The maximum atomic E-state index is 11.7. The standard InChI is InChI=1S/C18H27ClO2/c1-2-3-4-5-6-7-8-9-12-17(20)15-21-18-13-10-11-16(19)14-18/h10-11,13-14H,2-9,12,15H2,1H3. The molecule has 0 aliphatic carbocycles. The fraction of sp³-hybridized carbons (Fsp3) is 0.611. The molecule has 21 heavy (non-hydrogen) atoms. The van der Waals surface area contributed by atoms with Gasteiger partial charge in [-0.05, 0) is 24.6 Å². The Morgan fingerprint density at radius 1 is 1.05 bits per heavy atom. The molecule has 0 fully saturated rings. The van der Waals surface area contributed by atoms with Gasteiger partial charge in [-0.15, -0.1) is 0 Å². The van der Waals surface area contributed by atoms with Crippen LogP contribution < -0.4 is 4.74 Å². The van der Waals surface area contributed by atoms with E-state index in [-0.39, 0.29) is 12.4 Å². The summed E-state index contributed by atoms with van der Waals surface area (Å²) in [6.07, 6.45) is 10.6. The zero-order chi connectivity index (χ0) is 15.3. The van der Waals surface area contributed by atoms with Crippen LogP contribution in [-0.4, -0.2) is 12.4 Å². The van der Waals surface area contributed by atoms with Gasteiger partial charge in [0.25, 0.3) is 0 Å². The van der Waals surface area contributed by atoms with E-state index >= 15 is 0 Å². The number of hydrogen-bond acceptors (Lipinski definition) is 2. The average molecular weight is 311 g/mol. The Labute approximate surface area is 133 Å². The fourth-order valence-corrected chi connectivity index (χ4v) is 2.43. The van der Waals surface area contributed by atoms with Crippen LogP contribution in [0.5, 0.6) is 5.75 Å². The molecule has 0 heterocycles. The second kappa shape index (κ2) is 11.6. The van der Waals surface area contributed by atoms with Crippen molar-refractivity contribution in [1.82, 2.24) is 0 Å². The topological polar surface area (TPSA) is 26.3 Å². The summed E-state index contributed by atoms with van der Waals surface area (Å²) in [6, 6.07) is 7.15. The van der Waals surface area contributed by atoms with Gasteiger partial charge in [-0.3, -0.25) is 4.79 Å². The number of halogens is 1. The van der Waals surface area contributed by atoms with Crippen molar-refractivity contribution in [3.63, 3.8) is 0 Å². The Morgan fingerprint density at radius 3 is 2.38 bits per heavy atom. The van der Waals surface area contributed by atoms with Gasteiger partial charge in [0.2, 0.25) is 0 Å². The van der Waals surface area contributed by atoms with E-state index in [4.69, 9.17) is 16.3 Å². The van der Waals surface area contributed by atoms with Crippen LogP contribution in [0.1, 0.15) is 64.7 Å². The first kappa shape index (κ1) is 18.0. The lowest BCUT2D eigenvalue weighted by Crippen LogP contribution is -2.10. The molecule has 118 valence electrons. The monoisotopic (exact) mass is 310 g/mol. The highest BCUT2D eigenvalue weighted by Gasteiger charge is 2.03. The minimum absolute atomic E-state index is 0.150. The zero-order valence-corrected chi connectivity index (χ0v) is 13.8. The molecule has 0 atom stereocenters. The third-order valence-electron chi connectivity index (χ3n) is 3.51. The van der Waals surface area contributed by atoms with Crippen molar-refractivity contribution >= 4 is 17.4 Å². The first-order valence-electron chi connectivity index (χ1n) is 8.12. The number of hydrogen-bond donors (Lipinski definition) is 0. The number of carbonyl (C=O) groups is 1. The van der Waals surface area contributed by atoms with Gasteiger partial charge in [-0.2, -0.15) is 0 Å². The molecule has 0 amide bonds. The van der Waals surface area contributed by atoms with E-state index in [2.05, 4.69) is 6.92 Å². The Kier molecular flexibility index (Phi) is 9.98. The number of ketones is 1. The first-order chi connectivity index (χ1) is 10.2. The lowest BCUT2D eigenvalue weighted by Gasteiger charge is -2.06. The number of benzene rings is 1. The van der Waals surface area contributed by atoms with Crippen LogP contribution in [0.4, 0.5) is 0 Å². The summed E-state index contributed by atoms with van der Waals surface area (Å²) < 4.78 is 5.44. The summed E-state index contributed by atoms with van der Waals surface area (Å²) in [5.41, 5.74) is 0. The predicted octanol–water partition coefficient (Wildman–Crippen LogP) is 5.82. The number of carbonyl (C=O) groups excluding carboxylic acids is 1. The van der Waals surface area contributed by atoms with Crippen molar-refractivity contribution in [2.45, 2.75) is 64.7 Å². The lowest BCUT2D eigenvalue weighted by molar-refractivity contribution is -0.121. The van der Waals surface area contributed by atoms with Crippen molar-refractivity contribution in [2.24, 2.45) is 0 Å². The highest BCUT2D eigenvalue weighted by Crippen LogP contribution is 2.17. The van der Waals surface area contributed by atoms with Gasteiger partial charge in [-0.1, -0.05) is 69.5 Å². The minimum atomic E-state index is 0.150. The van der Waals surface area contributed by atoms with Gasteiger partial charge in [0.15, 0.2) is 5.78 Å². The normalized spacial score (nSPS) is 10.6. The number of unbranched alkanes of at least 4 members (excludes halogenated alkanes) is 7. The van der Waals surface area contributed by atoms with Crippen molar-refractivity contribution in [2.75, 3.05) is 6.61 Å². The van der Waals surface area contributed by atoms with Crippen LogP contribution in [-0.2, 0) is 4.79 Å². The highest BCUT2D eigenvalue weighted by atomic mass is 35.5. The summed E-state index contributed by atoms with van der Waals surface area (Å²) in [5, 5.41) is 0.628. The molecule has 0 spiro atoms. The molecule has 0 aromatic heterocycles. The predicted molar refractivity (Wildman–Crippen MR) is 89.2 cm³/mol. The van der Waals surface area contributed by atoms with Gasteiger partial charge in [0, 0.05) is 11.4 Å². The molecular weight excluding hydrogens is 284 g/mol. The summed E-state index contributed by atoms with van der Waals surface area (Å²) >= 11 is 5.86. The number of Topliss-reactive ketones (excluding diaryl/α,β-unsaturated/α-hetero) is 1. The molecule has 1 aromatic rings. The van der Waals surface area contributed by atoms with E-state index in [1.54, 1.807) is 12.1 Å². The smallest absolute Gasteiger partial charge is 0.170 e. The third-order valence-corrected chi connectivity index (χ3v) is 3.74. The van der Waals surface area contributed by atoms with Crippen LogP contribution in [0.2, 0.25) is 5.02 Å². The molecule has 0 unspecified atom stereocenters. The Balaban J connectivity index is 1.99. The molecule has 0 saturated heterocycles. The Bertz CT molecular complexity index is 404. The quantitative estimate of drug-likeness (QED) is 0.455. The number of rotatable bonds is 12. The van der Waals surface area contributed by atoms with Gasteiger partial charge in [0.1, 0.15) is 12.4 Å². The average Bonchev–Trinajstić information content (AvgIpc) is 2.48. The van der Waals surface area contributed by atoms with Crippen molar-refractivity contribution in [3.8, 4) is 5.75 Å². The molecule has 1 aromatic carbocycles. The van der Waals surface area contributed by atoms with Gasteiger partial charge in [0.05, 0.1) is 0 Å². The lowest BCUT2D eigenvalue weighted by atomic mass is 10.1. The molecule has 0 N–H and O–H groups in total. The van der Waals surface area contributed by atoms with Crippen LogP contribution in [0.15, 0.2) is 24.3 Å². The van der Waals surface area contributed by atoms with Crippen LogP contribution in [0.3, 0.4) is 0 Å². The molecule has 2 nitrogen and oxygen atoms in total. The molecule has 0 aliphatic rings. The second-order valence-corrected chi connectivity index (χ2v) is 5.95. The third kappa shape index (κ3) is 9.52. The molecule has 0 radical (unpaired) electrons. The Morgan fingerprint density at radius 2 is 1.71 bits per heavy atom. The molecule has 0 aliphatic heterocycles. The van der Waals surface area contributed by atoms with Crippen LogP contribution >= 0.6 is 11.6 Å². The molecule has 0 bridgehead atoms. The van der Waals surface area contributed by atoms with Crippen LogP contribution in [0, 0.1) is 0 Å². The number of ether oxygens (including phenoxy) is 1. The van der Waals surface area contributed by atoms with Crippen LogP contribution in [0.25, 0.3) is 0 Å². The largest absolute Gasteiger partial charge is 0.486 e. The summed E-state index contributed by atoms with van der Waals surface area (Å²) in [4.78, 5) is 11.7. The van der Waals surface area contributed by atoms with E-state index < -0.39 is 0 Å². The van der Waals surface area contributed by atoms with E-state index in [1.807, 2.05) is 12.1 Å². The fourth-order valence-electron chi connectivity index (χ4n) is 2.25. The molecule has 1 rings (SSSR count). The van der Waals surface area contributed by atoms with Gasteiger partial charge < -0.3 is 4.74 Å². The van der Waals surface area contributed by atoms with Crippen molar-refractivity contribution in [3.05, 3.63) is 29.3 Å². The van der Waals surface area contributed by atoms with Gasteiger partial charge in [-0.25, -0.2) is 0 Å². The second-order valence-electron chi connectivity index (χ2n) is 5.51. The highest BCUT2D eigenvalue weighted by molar-refractivity contribution is 6.30. The van der Waals surface area contributed by atoms with E-state index in [0.717, 1.165) is 12.8 Å². The van der Waals surface area contributed by atoms with Gasteiger partial charge >= 0.3 is 0 Å². The molecule has 0 saturated carbocycles. The maximum absolute atomic E-state index is 11.7. The van der Waals surface area contributed by atoms with Crippen molar-refractivity contribution in [1.29, 1.82) is 0 Å². The van der Waals surface area contributed by atoms with E-state index in [0.29, 0.717) is 17.2 Å². The molecule has 3 heteroatoms. The van der Waals surface area contributed by atoms with E-state index in [1.165, 1.54) is 38.5 Å². The summed E-state index contributed by atoms with van der Waals surface area (Å²) in [5.74, 6) is 0.827. The zero-order valence-electron chi connectivity index (χ0n) is 13.1. The molecular formula is C18H27ClO2. The SMILES string of the molecule is CCCCCCCCCCC(=O)COc1cccc(Cl)c1. The summed E-state index contributed by atoms with van der Waals surface area (Å²) in [6.45, 7) is 2.38.